The van der Waals surface area contributed by atoms with Gasteiger partial charge in [0.15, 0.2) is 5.17 Å². The third kappa shape index (κ3) is 3.81. The van der Waals surface area contributed by atoms with Gasteiger partial charge in [-0.15, -0.1) is 0 Å². The summed E-state index contributed by atoms with van der Waals surface area (Å²) in [5, 5.41) is 3.12. The predicted octanol–water partition coefficient (Wildman–Crippen LogP) is 4.68. The first-order valence-electron chi connectivity index (χ1n) is 6.82. The summed E-state index contributed by atoms with van der Waals surface area (Å²) in [7, 11) is 0. The number of carbonyl (C=O) groups excluding carboxylic acids is 1. The number of carbonyl (C=O) groups is 1. The second-order valence-corrected chi connectivity index (χ2v) is 6.43. The number of aliphatic imine (C=N–C) groups is 1. The van der Waals surface area contributed by atoms with Crippen LogP contribution in [0.15, 0.2) is 52.4 Å². The molecule has 6 heteroatoms. The maximum Gasteiger partial charge on any atom is 0.264 e. The molecule has 23 heavy (non-hydrogen) atoms. The Bertz CT molecular complexity index is 831. The van der Waals surface area contributed by atoms with Crippen LogP contribution in [-0.4, -0.2) is 11.1 Å². The molecule has 1 amide bonds. The molecule has 0 unspecified atom stereocenters. The lowest BCUT2D eigenvalue weighted by molar-refractivity contribution is -0.115. The van der Waals surface area contributed by atoms with Gasteiger partial charge in [-0.1, -0.05) is 41.4 Å². The smallest absolute Gasteiger partial charge is 0.264 e. The highest BCUT2D eigenvalue weighted by molar-refractivity contribution is 8.18. The molecule has 0 spiro atoms. The van der Waals surface area contributed by atoms with Crippen LogP contribution in [0, 0.1) is 12.7 Å². The fourth-order valence-electron chi connectivity index (χ4n) is 1.97. The Hall–Kier alpha value is -2.11. The van der Waals surface area contributed by atoms with E-state index in [0.717, 1.165) is 11.1 Å². The van der Waals surface area contributed by atoms with Crippen molar-refractivity contribution in [3.05, 3.63) is 69.3 Å². The Morgan fingerprint density at radius 2 is 1.96 bits per heavy atom. The number of hydrogen-bond acceptors (Lipinski definition) is 3. The van der Waals surface area contributed by atoms with E-state index in [0.29, 0.717) is 15.8 Å². The van der Waals surface area contributed by atoms with E-state index in [9.17, 15) is 9.18 Å². The largest absolute Gasteiger partial charge is 0.300 e. The quantitative estimate of drug-likeness (QED) is 0.802. The molecule has 0 aliphatic carbocycles. The summed E-state index contributed by atoms with van der Waals surface area (Å²) in [6, 6.07) is 12.0. The summed E-state index contributed by atoms with van der Waals surface area (Å²) in [5.41, 5.74) is 2.58. The van der Waals surface area contributed by atoms with Gasteiger partial charge in [-0.05, 0) is 48.5 Å². The Balaban J connectivity index is 1.82. The van der Waals surface area contributed by atoms with Crippen molar-refractivity contribution < 1.29 is 9.18 Å². The van der Waals surface area contributed by atoms with Crippen LogP contribution in [0.25, 0.3) is 6.08 Å². The van der Waals surface area contributed by atoms with Crippen LogP contribution < -0.4 is 5.32 Å². The molecule has 0 aromatic heterocycles. The summed E-state index contributed by atoms with van der Waals surface area (Å²) in [6.07, 6.45) is 1.81. The fourth-order valence-corrected chi connectivity index (χ4v) is 2.98. The summed E-state index contributed by atoms with van der Waals surface area (Å²) in [4.78, 5) is 16.8. The van der Waals surface area contributed by atoms with Gasteiger partial charge < -0.3 is 5.32 Å². The van der Waals surface area contributed by atoms with Crippen LogP contribution in [0.5, 0.6) is 0 Å². The number of nitrogens with one attached hydrogen (secondary N) is 1. The third-order valence-corrected chi connectivity index (χ3v) is 4.36. The molecule has 2 aromatic carbocycles. The number of amidine groups is 1. The van der Waals surface area contributed by atoms with E-state index < -0.39 is 5.82 Å². The van der Waals surface area contributed by atoms with E-state index in [1.165, 1.54) is 30.0 Å². The zero-order valence-corrected chi connectivity index (χ0v) is 13.7. The Labute approximate surface area is 142 Å². The molecule has 1 N–H and O–H groups in total. The Kier molecular flexibility index (Phi) is 4.50. The van der Waals surface area contributed by atoms with Gasteiger partial charge in [0, 0.05) is 0 Å². The standard InChI is InChI=1S/C17H12ClFN2OS/c1-10-2-4-11(5-3-10)8-15-16(22)21-17(23-15)20-12-6-7-14(19)13(18)9-12/h2-9H,1H3,(H,20,21,22)/b15-8-. The predicted molar refractivity (Wildman–Crippen MR) is 93.4 cm³/mol. The Morgan fingerprint density at radius 3 is 2.65 bits per heavy atom. The van der Waals surface area contributed by atoms with Crippen LogP contribution in [0.3, 0.4) is 0 Å². The monoisotopic (exact) mass is 346 g/mol. The molecule has 3 nitrogen and oxygen atoms in total. The number of nitrogens with zero attached hydrogens (tertiary/aromatic N) is 1. The lowest BCUT2D eigenvalue weighted by Gasteiger charge is -1.98. The molecule has 1 heterocycles. The van der Waals surface area contributed by atoms with Crippen molar-refractivity contribution >= 4 is 46.2 Å². The first kappa shape index (κ1) is 15.8. The highest BCUT2D eigenvalue weighted by Gasteiger charge is 2.23. The third-order valence-electron chi connectivity index (χ3n) is 3.16. The average molecular weight is 347 g/mol. The van der Waals surface area contributed by atoms with E-state index in [2.05, 4.69) is 10.3 Å². The minimum atomic E-state index is -0.501. The van der Waals surface area contributed by atoms with Crippen molar-refractivity contribution in [2.45, 2.75) is 6.92 Å². The summed E-state index contributed by atoms with van der Waals surface area (Å²) >= 11 is 6.96. The molecule has 1 aliphatic rings. The second kappa shape index (κ2) is 6.56. The SMILES string of the molecule is Cc1ccc(/C=C2\SC(=Nc3ccc(F)c(Cl)c3)NC2=O)cc1. The topological polar surface area (TPSA) is 41.5 Å². The molecular formula is C17H12ClFN2OS. The number of thioether (sulfide) groups is 1. The molecule has 1 fully saturated rings. The van der Waals surface area contributed by atoms with Gasteiger partial charge in [0.25, 0.3) is 5.91 Å². The highest BCUT2D eigenvalue weighted by atomic mass is 35.5. The first-order valence-corrected chi connectivity index (χ1v) is 8.02. The molecular weight excluding hydrogens is 335 g/mol. The first-order chi connectivity index (χ1) is 11.0. The minimum absolute atomic E-state index is 0.00315. The van der Waals surface area contributed by atoms with Crippen molar-refractivity contribution in [2.75, 3.05) is 0 Å². The van der Waals surface area contributed by atoms with Crippen LogP contribution in [-0.2, 0) is 4.79 Å². The molecule has 1 aliphatic heterocycles. The normalized spacial score (nSPS) is 17.8. The van der Waals surface area contributed by atoms with Gasteiger partial charge in [-0.25, -0.2) is 9.38 Å². The molecule has 116 valence electrons. The average Bonchev–Trinajstić information content (AvgIpc) is 2.85. The summed E-state index contributed by atoms with van der Waals surface area (Å²) in [5.74, 6) is -0.707. The Morgan fingerprint density at radius 1 is 1.22 bits per heavy atom. The fraction of sp³-hybridized carbons (Fsp3) is 0.0588. The lowest BCUT2D eigenvalue weighted by Crippen LogP contribution is -2.19. The van der Waals surface area contributed by atoms with E-state index >= 15 is 0 Å². The van der Waals surface area contributed by atoms with E-state index in [4.69, 9.17) is 11.6 Å². The van der Waals surface area contributed by atoms with E-state index in [1.54, 1.807) is 6.08 Å². The van der Waals surface area contributed by atoms with Crippen LogP contribution in [0.4, 0.5) is 10.1 Å². The number of amides is 1. The van der Waals surface area contributed by atoms with Gasteiger partial charge in [0.1, 0.15) is 5.82 Å². The zero-order chi connectivity index (χ0) is 16.4. The highest BCUT2D eigenvalue weighted by Crippen LogP contribution is 2.29. The molecule has 0 radical (unpaired) electrons. The van der Waals surface area contributed by atoms with Crippen molar-refractivity contribution in [3.63, 3.8) is 0 Å². The van der Waals surface area contributed by atoms with Gasteiger partial charge >= 0.3 is 0 Å². The van der Waals surface area contributed by atoms with Crippen LogP contribution >= 0.6 is 23.4 Å². The number of halogens is 2. The summed E-state index contributed by atoms with van der Waals surface area (Å²) < 4.78 is 13.1. The van der Waals surface area contributed by atoms with E-state index in [-0.39, 0.29) is 10.9 Å². The molecule has 3 rings (SSSR count). The van der Waals surface area contributed by atoms with Crippen LogP contribution in [0.2, 0.25) is 5.02 Å². The van der Waals surface area contributed by atoms with Gasteiger partial charge in [0.05, 0.1) is 15.6 Å². The van der Waals surface area contributed by atoms with Gasteiger partial charge in [-0.2, -0.15) is 0 Å². The molecule has 0 bridgehead atoms. The number of benzene rings is 2. The lowest BCUT2D eigenvalue weighted by atomic mass is 10.1. The van der Waals surface area contributed by atoms with Crippen molar-refractivity contribution in [2.24, 2.45) is 4.99 Å². The minimum Gasteiger partial charge on any atom is -0.300 e. The summed E-state index contributed by atoms with van der Waals surface area (Å²) in [6.45, 7) is 2.01. The number of hydrogen-bond donors (Lipinski definition) is 1. The molecule has 0 saturated carbocycles. The molecule has 2 aromatic rings. The van der Waals surface area contributed by atoms with Gasteiger partial charge in [-0.3, -0.25) is 4.79 Å². The van der Waals surface area contributed by atoms with E-state index in [1.807, 2.05) is 31.2 Å². The van der Waals surface area contributed by atoms with Crippen molar-refractivity contribution in [3.8, 4) is 0 Å². The van der Waals surface area contributed by atoms with Crippen molar-refractivity contribution in [1.29, 1.82) is 0 Å². The molecule has 0 atom stereocenters. The number of aryl methyl sites for hydroxylation is 1. The van der Waals surface area contributed by atoms with Crippen molar-refractivity contribution in [1.82, 2.24) is 5.32 Å². The van der Waals surface area contributed by atoms with Crippen LogP contribution in [0.1, 0.15) is 11.1 Å². The second-order valence-electron chi connectivity index (χ2n) is 4.99. The number of rotatable bonds is 2. The zero-order valence-electron chi connectivity index (χ0n) is 12.1. The van der Waals surface area contributed by atoms with Gasteiger partial charge in [0.2, 0.25) is 0 Å². The molecule has 1 saturated heterocycles. The maximum absolute atomic E-state index is 13.1. The maximum atomic E-state index is 13.1.